The predicted molar refractivity (Wildman–Crippen MR) is 335 cm³/mol. The van der Waals surface area contributed by atoms with Crippen molar-refractivity contribution in [3.8, 4) is 0 Å². The summed E-state index contributed by atoms with van der Waals surface area (Å²) in [7, 11) is -0.949. The summed E-state index contributed by atoms with van der Waals surface area (Å²) >= 11 is 0. The fraction of sp³-hybridized carbons (Fsp3) is 0.765. The van der Waals surface area contributed by atoms with E-state index < -0.39 is 47.5 Å². The minimum absolute atomic E-state index is 0.0915. The van der Waals surface area contributed by atoms with Crippen LogP contribution in [0.3, 0.4) is 0 Å². The van der Waals surface area contributed by atoms with Crippen molar-refractivity contribution >= 4 is 60.2 Å². The molecule has 468 valence electrons. The lowest BCUT2D eigenvalue weighted by Crippen LogP contribution is -2.58. The van der Waals surface area contributed by atoms with Crippen LogP contribution in [0.5, 0.6) is 0 Å². The largest absolute Gasteiger partial charge is 0.494 e. The maximum Gasteiger partial charge on any atom is 0.494 e. The van der Waals surface area contributed by atoms with Crippen molar-refractivity contribution < 1.29 is 47.3 Å². The number of hydrogen-bond donors (Lipinski definition) is 0. The smallest absolute Gasteiger partial charge is 0.399 e. The second-order valence-electron chi connectivity index (χ2n) is 32.3. The highest BCUT2D eigenvalue weighted by molar-refractivity contribution is 6.62. The minimum atomic E-state index is -0.594. The van der Waals surface area contributed by atoms with Gasteiger partial charge in [-0.15, -0.1) is 0 Å². The van der Waals surface area contributed by atoms with E-state index in [0.717, 1.165) is 98.1 Å². The van der Waals surface area contributed by atoms with Crippen molar-refractivity contribution in [1.29, 1.82) is 0 Å². The molecule has 4 atom stereocenters. The fourth-order valence-electron chi connectivity index (χ4n) is 16.8. The van der Waals surface area contributed by atoms with Crippen LogP contribution in [-0.4, -0.2) is 182 Å². The maximum atomic E-state index is 14.6. The summed E-state index contributed by atoms with van der Waals surface area (Å²) in [5.41, 5.74) is 4.02. The van der Waals surface area contributed by atoms with Gasteiger partial charge in [0, 0.05) is 88.0 Å². The molecular formula is C68H100B2N6O10. The molecule has 16 nitrogen and oxygen atoms in total. The molecule has 10 heterocycles. The SMILES string of the molecule is C[C@@H]1CCO[C@@H]1C(=O)N1CCC2(CC1)C(=O)N(C1CC(N3CCC(C)(C)C3)C1)c1cc(B3OC(C)(C)C(C)(C)O3)ccc12.C[C@H]1CCO[C@H]1C(=O)N1CCC2(CC1)C(=O)N(C1CC(N3CCC(C)(C)C3)C1)c1cc(B3OC(C)(C)C(C)(C)O3)ccc12. The molecule has 2 aliphatic carbocycles. The topological polar surface area (TPSA) is 143 Å². The lowest BCUT2D eigenvalue weighted by molar-refractivity contribution is -0.145. The summed E-state index contributed by atoms with van der Waals surface area (Å²) in [6, 6.07) is 14.3. The number of fused-ring (bicyclic) bond motifs is 4. The third kappa shape index (κ3) is 10.2. The Balaban J connectivity index is 0.000000160. The number of ether oxygens (including phenoxy) is 2. The minimum Gasteiger partial charge on any atom is -0.399 e. The number of hydrogen-bond acceptors (Lipinski definition) is 12. The summed E-state index contributed by atoms with van der Waals surface area (Å²) in [6.07, 6.45) is 10.3. The van der Waals surface area contributed by atoms with Crippen molar-refractivity contribution in [2.75, 3.05) is 75.4 Å². The molecule has 8 saturated heterocycles. The Morgan fingerprint density at radius 2 is 0.802 bits per heavy atom. The summed E-state index contributed by atoms with van der Waals surface area (Å²) in [5, 5.41) is 0. The van der Waals surface area contributed by atoms with Gasteiger partial charge in [0.2, 0.25) is 11.8 Å². The van der Waals surface area contributed by atoms with Crippen LogP contribution in [0.2, 0.25) is 0 Å². The van der Waals surface area contributed by atoms with E-state index >= 15 is 0 Å². The number of nitrogens with zero attached hydrogens (tertiary/aromatic N) is 6. The van der Waals surface area contributed by atoms with Crippen molar-refractivity contribution in [3.05, 3.63) is 47.5 Å². The number of rotatable bonds is 8. The Kier molecular flexibility index (Phi) is 15.2. The average Bonchev–Trinajstić information content (AvgIpc) is 1.57. The van der Waals surface area contributed by atoms with E-state index in [-0.39, 0.29) is 59.8 Å². The van der Waals surface area contributed by atoms with Crippen LogP contribution in [0.1, 0.15) is 185 Å². The first-order valence-corrected chi connectivity index (χ1v) is 33.4. The summed E-state index contributed by atoms with van der Waals surface area (Å²) in [6.45, 7) is 38.5. The van der Waals surface area contributed by atoms with Crippen LogP contribution < -0.4 is 20.7 Å². The Hall–Kier alpha value is -3.87. The van der Waals surface area contributed by atoms with Crippen molar-refractivity contribution in [3.63, 3.8) is 0 Å². The zero-order chi connectivity index (χ0) is 61.1. The number of likely N-dealkylation sites (tertiary alicyclic amines) is 4. The molecule has 2 spiro atoms. The molecule has 0 aromatic heterocycles. The number of carbonyl (C=O) groups is 4. The molecule has 12 aliphatic rings. The molecule has 4 amide bonds. The van der Waals surface area contributed by atoms with E-state index in [1.807, 2.05) is 9.80 Å². The van der Waals surface area contributed by atoms with Gasteiger partial charge in [0.05, 0.1) is 33.2 Å². The molecule has 2 aromatic rings. The molecule has 2 saturated carbocycles. The van der Waals surface area contributed by atoms with Gasteiger partial charge in [0.15, 0.2) is 0 Å². The number of amides is 4. The van der Waals surface area contributed by atoms with Gasteiger partial charge in [-0.25, -0.2) is 0 Å². The van der Waals surface area contributed by atoms with Crippen molar-refractivity contribution in [1.82, 2.24) is 19.6 Å². The number of anilines is 2. The number of benzene rings is 2. The molecule has 0 N–H and O–H groups in total. The highest BCUT2D eigenvalue weighted by atomic mass is 16.7. The highest BCUT2D eigenvalue weighted by Gasteiger charge is 2.61. The monoisotopic (exact) mass is 1180 g/mol. The van der Waals surface area contributed by atoms with E-state index in [1.54, 1.807) is 0 Å². The summed E-state index contributed by atoms with van der Waals surface area (Å²) in [5.74, 6) is 1.11. The molecule has 0 bridgehead atoms. The van der Waals surface area contributed by atoms with Crippen LogP contribution in [0.15, 0.2) is 36.4 Å². The summed E-state index contributed by atoms with van der Waals surface area (Å²) in [4.78, 5) is 69.5. The zero-order valence-electron chi connectivity index (χ0n) is 54.6. The van der Waals surface area contributed by atoms with Crippen LogP contribution in [0, 0.1) is 22.7 Å². The first-order chi connectivity index (χ1) is 40.4. The van der Waals surface area contributed by atoms with E-state index in [1.165, 1.54) is 12.8 Å². The second kappa shape index (κ2) is 21.4. The van der Waals surface area contributed by atoms with E-state index in [0.29, 0.717) is 88.0 Å². The Morgan fingerprint density at radius 3 is 1.09 bits per heavy atom. The molecule has 10 aliphatic heterocycles. The van der Waals surface area contributed by atoms with Gasteiger partial charge in [-0.3, -0.25) is 29.0 Å². The highest BCUT2D eigenvalue weighted by Crippen LogP contribution is 2.54. The van der Waals surface area contributed by atoms with Gasteiger partial charge in [-0.05, 0) is 202 Å². The molecule has 14 rings (SSSR count). The molecule has 86 heavy (non-hydrogen) atoms. The predicted octanol–water partition coefficient (Wildman–Crippen LogP) is 7.76. The first-order valence-electron chi connectivity index (χ1n) is 33.4. The Labute approximate surface area is 514 Å². The van der Waals surface area contributed by atoms with Crippen LogP contribution >= 0.6 is 0 Å². The average molecular weight is 1180 g/mol. The molecule has 10 fully saturated rings. The zero-order valence-corrected chi connectivity index (χ0v) is 54.6. The second-order valence-corrected chi connectivity index (χ2v) is 32.3. The molecular weight excluding hydrogens is 1080 g/mol. The van der Waals surface area contributed by atoms with E-state index in [9.17, 15) is 19.2 Å². The maximum absolute atomic E-state index is 14.6. The molecule has 0 unspecified atom stereocenters. The van der Waals surface area contributed by atoms with Gasteiger partial charge in [-0.2, -0.15) is 0 Å². The lowest BCUT2D eigenvalue weighted by atomic mass is 9.71. The quantitative estimate of drug-likeness (QED) is 0.239. The van der Waals surface area contributed by atoms with E-state index in [2.05, 4.69) is 153 Å². The van der Waals surface area contributed by atoms with Crippen LogP contribution in [0.4, 0.5) is 11.4 Å². The number of piperidine rings is 2. The lowest BCUT2D eigenvalue weighted by Gasteiger charge is -2.46. The Morgan fingerprint density at radius 1 is 0.465 bits per heavy atom. The first kappa shape index (κ1) is 61.0. The molecule has 18 heteroatoms. The Bertz CT molecular complexity index is 2760. The van der Waals surface area contributed by atoms with E-state index in [4.69, 9.17) is 28.1 Å². The number of carbonyl (C=O) groups excluding carboxylic acids is 4. The van der Waals surface area contributed by atoms with Crippen molar-refractivity contribution in [2.45, 2.75) is 244 Å². The van der Waals surface area contributed by atoms with Gasteiger partial charge in [0.25, 0.3) is 11.8 Å². The van der Waals surface area contributed by atoms with Gasteiger partial charge < -0.3 is 47.7 Å². The van der Waals surface area contributed by atoms with Gasteiger partial charge in [0.1, 0.15) is 12.2 Å². The summed E-state index contributed by atoms with van der Waals surface area (Å²) < 4.78 is 37.3. The molecule has 0 radical (unpaired) electrons. The van der Waals surface area contributed by atoms with Crippen LogP contribution in [-0.2, 0) is 58.1 Å². The third-order valence-electron chi connectivity index (χ3n) is 24.4. The van der Waals surface area contributed by atoms with Crippen molar-refractivity contribution in [2.24, 2.45) is 22.7 Å². The fourth-order valence-corrected chi connectivity index (χ4v) is 16.8. The third-order valence-corrected chi connectivity index (χ3v) is 24.4. The standard InChI is InChI=1S/2C34H50BN3O5/c2*1-22-10-17-41-28(22)29(39)36-15-12-34(13-16-36)26-9-8-23(35-42-32(4,5)33(6,7)43-35)18-27(26)38(30(34)40)25-19-24(20-25)37-14-11-31(2,3)21-37/h2*8-9,18,22,24-25,28H,10-17,19-21H2,1-7H3/t2*22-,24?,25?,28+/m10/s1. The van der Waals surface area contributed by atoms with Crippen LogP contribution in [0.25, 0.3) is 0 Å². The normalized spacial score (nSPS) is 34.2. The molecule has 2 aromatic carbocycles. The van der Waals surface area contributed by atoms with Gasteiger partial charge in [-0.1, -0.05) is 65.8 Å². The van der Waals surface area contributed by atoms with Gasteiger partial charge >= 0.3 is 14.2 Å².